The molecule has 1 atom stereocenters. The van der Waals surface area contributed by atoms with Crippen molar-refractivity contribution in [3.8, 4) is 5.75 Å². The summed E-state index contributed by atoms with van der Waals surface area (Å²) >= 11 is 3.32. The number of hydrogen-bond donors (Lipinski definition) is 2. The Labute approximate surface area is 92.5 Å². The molecule has 0 radical (unpaired) electrons. The SMILES string of the molecule is Cc1cc(Br)c(O)cc1C1CCCN1. The summed E-state index contributed by atoms with van der Waals surface area (Å²) in [4.78, 5) is 0. The number of benzene rings is 1. The van der Waals surface area contributed by atoms with Crippen molar-refractivity contribution >= 4 is 15.9 Å². The van der Waals surface area contributed by atoms with Crippen LogP contribution >= 0.6 is 15.9 Å². The molecule has 0 aromatic heterocycles. The van der Waals surface area contributed by atoms with Crippen LogP contribution in [-0.4, -0.2) is 11.7 Å². The van der Waals surface area contributed by atoms with Crippen LogP contribution in [0, 0.1) is 6.92 Å². The van der Waals surface area contributed by atoms with Crippen LogP contribution in [0.15, 0.2) is 16.6 Å². The van der Waals surface area contributed by atoms with E-state index in [-0.39, 0.29) is 0 Å². The Morgan fingerprint density at radius 3 is 2.93 bits per heavy atom. The van der Waals surface area contributed by atoms with Crippen LogP contribution in [0.1, 0.15) is 30.0 Å². The lowest BCUT2D eigenvalue weighted by Crippen LogP contribution is -2.13. The van der Waals surface area contributed by atoms with Crippen LogP contribution in [-0.2, 0) is 0 Å². The number of phenolic OH excluding ortho intramolecular Hbond substituents is 1. The number of aryl methyl sites for hydroxylation is 1. The molecule has 3 heteroatoms. The molecule has 1 fully saturated rings. The van der Waals surface area contributed by atoms with Gasteiger partial charge in [0.25, 0.3) is 0 Å². The fourth-order valence-electron chi connectivity index (χ4n) is 2.00. The van der Waals surface area contributed by atoms with Crippen LogP contribution in [0.4, 0.5) is 0 Å². The maximum Gasteiger partial charge on any atom is 0.130 e. The lowest BCUT2D eigenvalue weighted by Gasteiger charge is -2.14. The number of hydrogen-bond acceptors (Lipinski definition) is 2. The van der Waals surface area contributed by atoms with Crippen molar-refractivity contribution in [3.05, 3.63) is 27.7 Å². The largest absolute Gasteiger partial charge is 0.507 e. The Morgan fingerprint density at radius 2 is 2.29 bits per heavy atom. The number of aromatic hydroxyl groups is 1. The van der Waals surface area contributed by atoms with Crippen molar-refractivity contribution in [3.63, 3.8) is 0 Å². The molecule has 14 heavy (non-hydrogen) atoms. The molecule has 0 bridgehead atoms. The van der Waals surface area contributed by atoms with Gasteiger partial charge in [-0.25, -0.2) is 0 Å². The first-order valence-corrected chi connectivity index (χ1v) is 5.70. The molecule has 1 heterocycles. The van der Waals surface area contributed by atoms with Gasteiger partial charge in [-0.3, -0.25) is 0 Å². The fourth-order valence-corrected chi connectivity index (χ4v) is 2.46. The van der Waals surface area contributed by atoms with E-state index in [1.54, 1.807) is 0 Å². The molecule has 76 valence electrons. The number of phenols is 1. The van der Waals surface area contributed by atoms with Crippen molar-refractivity contribution < 1.29 is 5.11 Å². The molecule has 1 saturated heterocycles. The Kier molecular flexibility index (Phi) is 2.79. The zero-order valence-electron chi connectivity index (χ0n) is 8.18. The molecule has 2 rings (SSSR count). The quantitative estimate of drug-likeness (QED) is 0.809. The lowest BCUT2D eigenvalue weighted by molar-refractivity contribution is 0.469. The highest BCUT2D eigenvalue weighted by atomic mass is 79.9. The summed E-state index contributed by atoms with van der Waals surface area (Å²) in [6, 6.07) is 4.27. The molecule has 2 nitrogen and oxygen atoms in total. The first kappa shape index (κ1) is 9.99. The second-order valence-corrected chi connectivity index (χ2v) is 4.66. The predicted molar refractivity (Wildman–Crippen MR) is 60.5 cm³/mol. The first-order chi connectivity index (χ1) is 6.68. The Hall–Kier alpha value is -0.540. The van der Waals surface area contributed by atoms with Gasteiger partial charge in [-0.15, -0.1) is 0 Å². The van der Waals surface area contributed by atoms with E-state index >= 15 is 0 Å². The summed E-state index contributed by atoms with van der Waals surface area (Å²) in [5.74, 6) is 0.333. The standard InChI is InChI=1S/C11H14BrNO/c1-7-5-9(12)11(14)6-8(7)10-3-2-4-13-10/h5-6,10,13-14H,2-4H2,1H3. The van der Waals surface area contributed by atoms with Crippen molar-refractivity contribution in [2.24, 2.45) is 0 Å². The maximum absolute atomic E-state index is 9.61. The summed E-state index contributed by atoms with van der Waals surface area (Å²) in [6.07, 6.45) is 2.39. The molecule has 1 unspecified atom stereocenters. The second kappa shape index (κ2) is 3.91. The van der Waals surface area contributed by atoms with Crippen molar-refractivity contribution in [2.75, 3.05) is 6.54 Å². The summed E-state index contributed by atoms with van der Waals surface area (Å²) in [7, 11) is 0. The van der Waals surface area contributed by atoms with Crippen molar-refractivity contribution in [1.82, 2.24) is 5.32 Å². The third-order valence-electron chi connectivity index (χ3n) is 2.77. The van der Waals surface area contributed by atoms with Gasteiger partial charge >= 0.3 is 0 Å². The van der Waals surface area contributed by atoms with E-state index in [0.717, 1.165) is 11.0 Å². The Balaban J connectivity index is 2.37. The van der Waals surface area contributed by atoms with Gasteiger partial charge in [0.15, 0.2) is 0 Å². The van der Waals surface area contributed by atoms with Gasteiger partial charge < -0.3 is 10.4 Å². The highest BCUT2D eigenvalue weighted by Crippen LogP contribution is 2.33. The van der Waals surface area contributed by atoms with E-state index in [1.807, 2.05) is 12.1 Å². The van der Waals surface area contributed by atoms with Gasteiger partial charge in [-0.05, 0) is 65.5 Å². The maximum atomic E-state index is 9.61. The normalized spacial score (nSPS) is 21.4. The Morgan fingerprint density at radius 1 is 1.50 bits per heavy atom. The van der Waals surface area contributed by atoms with Crippen molar-refractivity contribution in [2.45, 2.75) is 25.8 Å². The molecule has 1 aromatic carbocycles. The summed E-state index contributed by atoms with van der Waals surface area (Å²) < 4.78 is 0.775. The number of rotatable bonds is 1. The zero-order valence-corrected chi connectivity index (χ0v) is 9.76. The Bertz CT molecular complexity index is 345. The van der Waals surface area contributed by atoms with Gasteiger partial charge in [0, 0.05) is 6.04 Å². The zero-order chi connectivity index (χ0) is 10.1. The van der Waals surface area contributed by atoms with E-state index in [0.29, 0.717) is 11.8 Å². The molecule has 2 N–H and O–H groups in total. The fraction of sp³-hybridized carbons (Fsp3) is 0.455. The van der Waals surface area contributed by atoms with Crippen LogP contribution in [0.3, 0.4) is 0 Å². The third kappa shape index (κ3) is 1.79. The first-order valence-electron chi connectivity index (χ1n) is 4.91. The monoisotopic (exact) mass is 255 g/mol. The molecule has 0 amide bonds. The molecule has 0 aliphatic carbocycles. The van der Waals surface area contributed by atoms with Gasteiger partial charge in [-0.1, -0.05) is 0 Å². The van der Waals surface area contributed by atoms with Crippen LogP contribution in [0.2, 0.25) is 0 Å². The van der Waals surface area contributed by atoms with Gasteiger partial charge in [0.05, 0.1) is 4.47 Å². The molecular formula is C11H14BrNO. The number of halogens is 1. The molecule has 1 aliphatic heterocycles. The van der Waals surface area contributed by atoms with Gasteiger partial charge in [-0.2, -0.15) is 0 Å². The minimum absolute atomic E-state index is 0.333. The van der Waals surface area contributed by atoms with E-state index in [4.69, 9.17) is 0 Å². The summed E-state index contributed by atoms with van der Waals surface area (Å²) in [6.45, 7) is 3.17. The topological polar surface area (TPSA) is 32.3 Å². The van der Waals surface area contributed by atoms with E-state index in [2.05, 4.69) is 28.2 Å². The van der Waals surface area contributed by atoms with Crippen LogP contribution in [0.5, 0.6) is 5.75 Å². The molecule has 0 spiro atoms. The van der Waals surface area contributed by atoms with Crippen LogP contribution < -0.4 is 5.32 Å². The molecular weight excluding hydrogens is 242 g/mol. The van der Waals surface area contributed by atoms with E-state index < -0.39 is 0 Å². The smallest absolute Gasteiger partial charge is 0.130 e. The molecule has 1 aliphatic rings. The summed E-state index contributed by atoms with van der Waals surface area (Å²) in [5, 5.41) is 13.0. The van der Waals surface area contributed by atoms with Crippen molar-refractivity contribution in [1.29, 1.82) is 0 Å². The predicted octanol–water partition coefficient (Wildman–Crippen LogP) is 2.89. The molecule has 1 aromatic rings. The highest BCUT2D eigenvalue weighted by Gasteiger charge is 2.18. The van der Waals surface area contributed by atoms with Gasteiger partial charge in [0.2, 0.25) is 0 Å². The minimum Gasteiger partial charge on any atom is -0.507 e. The van der Waals surface area contributed by atoms with E-state index in [1.165, 1.54) is 24.0 Å². The summed E-state index contributed by atoms with van der Waals surface area (Å²) in [5.41, 5.74) is 2.46. The lowest BCUT2D eigenvalue weighted by atomic mass is 10.00. The molecule has 0 saturated carbocycles. The average molecular weight is 256 g/mol. The number of nitrogens with one attached hydrogen (secondary N) is 1. The van der Waals surface area contributed by atoms with Gasteiger partial charge in [0.1, 0.15) is 5.75 Å². The van der Waals surface area contributed by atoms with E-state index in [9.17, 15) is 5.11 Å². The average Bonchev–Trinajstić information content (AvgIpc) is 2.64. The third-order valence-corrected chi connectivity index (χ3v) is 3.41. The minimum atomic E-state index is 0.333. The van der Waals surface area contributed by atoms with Crippen LogP contribution in [0.25, 0.3) is 0 Å². The second-order valence-electron chi connectivity index (χ2n) is 3.81. The highest BCUT2D eigenvalue weighted by molar-refractivity contribution is 9.10.